The van der Waals surface area contributed by atoms with E-state index in [1.165, 1.54) is 11.8 Å². The second-order valence-electron chi connectivity index (χ2n) is 13.8. The fourth-order valence-electron chi connectivity index (χ4n) is 7.67. The molecule has 1 aliphatic heterocycles. The number of imidazole rings is 1. The zero-order valence-electron chi connectivity index (χ0n) is 29.9. The predicted octanol–water partition coefficient (Wildman–Crippen LogP) is 7.85. The van der Waals surface area contributed by atoms with Crippen molar-refractivity contribution in [1.29, 1.82) is 0 Å². The van der Waals surface area contributed by atoms with Gasteiger partial charge in [0.1, 0.15) is 11.8 Å². The van der Waals surface area contributed by atoms with E-state index in [-0.39, 0.29) is 41.2 Å². The van der Waals surface area contributed by atoms with Gasteiger partial charge in [0.05, 0.1) is 43.6 Å². The first-order chi connectivity index (χ1) is 26.4. The summed E-state index contributed by atoms with van der Waals surface area (Å²) < 4.78 is 28.0. The lowest BCUT2D eigenvalue weighted by atomic mass is 9.94. The molecule has 3 heterocycles. The van der Waals surface area contributed by atoms with Crippen molar-refractivity contribution < 1.29 is 28.5 Å². The van der Waals surface area contributed by atoms with E-state index in [0.717, 1.165) is 17.5 Å². The molecule has 4 aromatic carbocycles. The fourth-order valence-corrected chi connectivity index (χ4v) is 7.67. The molecule has 12 heteroatoms. The molecule has 1 saturated heterocycles. The number of nitrogens with zero attached hydrogens (tertiary/aromatic N) is 5. The summed E-state index contributed by atoms with van der Waals surface area (Å²) in [4.78, 5) is 41.6. The van der Waals surface area contributed by atoms with Crippen molar-refractivity contribution in [2.24, 2.45) is 11.8 Å². The van der Waals surface area contributed by atoms with E-state index in [1.54, 1.807) is 6.33 Å². The summed E-state index contributed by atoms with van der Waals surface area (Å²) >= 11 is 0. The third kappa shape index (κ3) is 7.06. The maximum atomic E-state index is 14.0. The molecule has 12 nitrogen and oxygen atoms in total. The van der Waals surface area contributed by atoms with Crippen LogP contribution in [0.25, 0.3) is 11.2 Å². The van der Waals surface area contributed by atoms with Crippen molar-refractivity contribution in [2.45, 2.75) is 51.4 Å². The van der Waals surface area contributed by atoms with Crippen molar-refractivity contribution in [3.8, 4) is 5.88 Å². The summed E-state index contributed by atoms with van der Waals surface area (Å²) in [5.74, 6) is -0.468. The Morgan fingerprint density at radius 3 is 2.06 bits per heavy atom. The second kappa shape index (κ2) is 15.2. The third-order valence-corrected chi connectivity index (χ3v) is 9.95. The molecule has 2 bridgehead atoms. The normalized spacial score (nSPS) is 21.6. The fraction of sp³-hybridized carbons (Fsp3) is 0.262. The molecule has 54 heavy (non-hydrogen) atoms. The topological polar surface area (TPSA) is 130 Å². The molecule has 2 fully saturated rings. The Hall–Kier alpha value is -5.95. The Balaban J connectivity index is 1.14. The Bertz CT molecular complexity index is 2180. The van der Waals surface area contributed by atoms with Gasteiger partial charge in [0.2, 0.25) is 11.9 Å². The summed E-state index contributed by atoms with van der Waals surface area (Å²) in [6, 6.07) is 38.4. The molecule has 0 spiro atoms. The van der Waals surface area contributed by atoms with E-state index in [9.17, 15) is 9.59 Å². The lowest BCUT2D eigenvalue weighted by Gasteiger charge is -2.34. The van der Waals surface area contributed by atoms with Gasteiger partial charge in [0.25, 0.3) is 5.88 Å². The molecule has 1 N–H and O–H groups in total. The molecule has 2 amide bonds. The van der Waals surface area contributed by atoms with E-state index in [1.807, 2.05) is 126 Å². The highest BCUT2D eigenvalue weighted by atomic mass is 16.6. The lowest BCUT2D eigenvalue weighted by Crippen LogP contribution is -2.43. The summed E-state index contributed by atoms with van der Waals surface area (Å²) in [6.07, 6.45) is 0.757. The van der Waals surface area contributed by atoms with Crippen molar-refractivity contribution in [3.63, 3.8) is 0 Å². The highest BCUT2D eigenvalue weighted by Crippen LogP contribution is 2.57. The number of ether oxygens (including phenoxy) is 4. The van der Waals surface area contributed by atoms with Gasteiger partial charge in [-0.05, 0) is 47.7 Å². The number of nitrogens with one attached hydrogen (secondary N) is 1. The molecule has 274 valence electrons. The Morgan fingerprint density at radius 2 is 1.44 bits per heavy atom. The van der Waals surface area contributed by atoms with Crippen LogP contribution < -0.4 is 15.0 Å². The molecule has 2 aliphatic rings. The van der Waals surface area contributed by atoms with Crippen LogP contribution in [0.3, 0.4) is 0 Å². The van der Waals surface area contributed by atoms with Crippen LogP contribution in [0.2, 0.25) is 0 Å². The number of fused-ring (bicyclic) bond motifs is 3. The van der Waals surface area contributed by atoms with Crippen molar-refractivity contribution in [3.05, 3.63) is 139 Å². The Labute approximate surface area is 312 Å². The second-order valence-corrected chi connectivity index (χ2v) is 13.8. The van der Waals surface area contributed by atoms with Crippen LogP contribution in [0.1, 0.15) is 37.6 Å². The SMILES string of the molecule is CC(=O)Nc1nc(OC(=O)N(c2ccccc2)c2ccccc2)c2ncn([C@@H]3O[C@@]4(COCc5ccccc5)C[C@H](C)[C@@H]3[C@@H]4OCc3ccccc3)c2n1. The maximum absolute atomic E-state index is 14.0. The molecular weight excluding hydrogens is 684 g/mol. The van der Waals surface area contributed by atoms with Crippen molar-refractivity contribution >= 4 is 40.5 Å². The minimum atomic E-state index is -0.760. The summed E-state index contributed by atoms with van der Waals surface area (Å²) in [7, 11) is 0. The molecule has 5 atom stereocenters. The van der Waals surface area contributed by atoms with Gasteiger partial charge in [0.15, 0.2) is 11.2 Å². The zero-order chi connectivity index (χ0) is 37.1. The first-order valence-corrected chi connectivity index (χ1v) is 18.0. The van der Waals surface area contributed by atoms with Crippen LogP contribution in [0.15, 0.2) is 128 Å². The van der Waals surface area contributed by atoms with Crippen LogP contribution in [-0.4, -0.2) is 49.8 Å². The lowest BCUT2D eigenvalue weighted by molar-refractivity contribution is -0.166. The van der Waals surface area contributed by atoms with Gasteiger partial charge < -0.3 is 18.9 Å². The minimum Gasteiger partial charge on any atom is -0.388 e. The average Bonchev–Trinajstić information content (AvgIpc) is 3.83. The van der Waals surface area contributed by atoms with Gasteiger partial charge in [-0.3, -0.25) is 14.7 Å². The average molecular weight is 725 g/mol. The van der Waals surface area contributed by atoms with Crippen molar-refractivity contribution in [1.82, 2.24) is 19.5 Å². The van der Waals surface area contributed by atoms with Gasteiger partial charge >= 0.3 is 6.09 Å². The number of benzene rings is 4. The third-order valence-electron chi connectivity index (χ3n) is 9.95. The number of anilines is 3. The molecule has 0 radical (unpaired) electrons. The number of para-hydroxylation sites is 2. The number of hydrogen-bond acceptors (Lipinski definition) is 9. The molecule has 8 rings (SSSR count). The summed E-state index contributed by atoms with van der Waals surface area (Å²) in [6.45, 7) is 4.71. The highest BCUT2D eigenvalue weighted by Gasteiger charge is 2.64. The van der Waals surface area contributed by atoms with Gasteiger partial charge in [-0.1, -0.05) is 104 Å². The van der Waals surface area contributed by atoms with Crippen LogP contribution in [0.5, 0.6) is 5.88 Å². The Kier molecular flexibility index (Phi) is 9.87. The molecule has 1 aliphatic carbocycles. The van der Waals surface area contributed by atoms with E-state index < -0.39 is 17.9 Å². The quantitative estimate of drug-likeness (QED) is 0.134. The molecular formula is C42H40N6O6. The molecule has 6 aromatic rings. The standard InChI is InChI=1S/C42H40N6O6/c1-28-23-42(26-51-24-30-15-7-3-8-16-30)36(52-25-31-17-9-4-10-18-31)34(28)39(54-42)47-27-43-35-37(47)45-40(44-29(2)49)46-38(35)53-41(50)48(32-19-11-5-12-20-32)33-21-13-6-14-22-33/h3-22,27-28,34,36,39H,23-26H2,1-2H3,(H,44,45,46,49)/t28-,34+,36-,39+,42+/m0/s1. The largest absolute Gasteiger partial charge is 0.425 e. The minimum absolute atomic E-state index is 0.0421. The monoisotopic (exact) mass is 724 g/mol. The van der Waals surface area contributed by atoms with Gasteiger partial charge in [-0.15, -0.1) is 0 Å². The number of aromatic nitrogens is 4. The molecule has 1 saturated carbocycles. The molecule has 0 unspecified atom stereocenters. The highest BCUT2D eigenvalue weighted by molar-refractivity contribution is 5.98. The van der Waals surface area contributed by atoms with Crippen LogP contribution in [0.4, 0.5) is 22.1 Å². The number of amides is 2. The molecule has 2 aromatic heterocycles. The summed E-state index contributed by atoms with van der Waals surface area (Å²) in [5, 5.41) is 2.66. The van der Waals surface area contributed by atoms with E-state index in [0.29, 0.717) is 36.8 Å². The zero-order valence-corrected chi connectivity index (χ0v) is 29.9. The maximum Gasteiger partial charge on any atom is 0.425 e. The number of carbonyl (C=O) groups is 2. The first-order valence-electron chi connectivity index (χ1n) is 18.0. The smallest absolute Gasteiger partial charge is 0.388 e. The first kappa shape index (κ1) is 35.1. The summed E-state index contributed by atoms with van der Waals surface area (Å²) in [5.41, 5.74) is 3.11. The number of carbonyl (C=O) groups excluding carboxylic acids is 2. The Morgan fingerprint density at radius 1 is 0.852 bits per heavy atom. The number of hydrogen-bond donors (Lipinski definition) is 1. The van der Waals surface area contributed by atoms with E-state index >= 15 is 0 Å². The van der Waals surface area contributed by atoms with Gasteiger partial charge in [-0.25, -0.2) is 14.7 Å². The van der Waals surface area contributed by atoms with Crippen LogP contribution in [-0.2, 0) is 32.2 Å². The van der Waals surface area contributed by atoms with Crippen LogP contribution >= 0.6 is 0 Å². The van der Waals surface area contributed by atoms with E-state index in [4.69, 9.17) is 23.9 Å². The van der Waals surface area contributed by atoms with Gasteiger partial charge in [0, 0.05) is 12.8 Å². The van der Waals surface area contributed by atoms with Crippen molar-refractivity contribution in [2.75, 3.05) is 16.8 Å². The van der Waals surface area contributed by atoms with Crippen LogP contribution in [0, 0.1) is 11.8 Å². The predicted molar refractivity (Wildman–Crippen MR) is 202 cm³/mol. The van der Waals surface area contributed by atoms with E-state index in [2.05, 4.69) is 22.2 Å². The van der Waals surface area contributed by atoms with Gasteiger partial charge in [-0.2, -0.15) is 9.97 Å². The number of rotatable bonds is 12.